The molecule has 1 aromatic carbocycles. The Morgan fingerprint density at radius 1 is 1.12 bits per heavy atom. The number of ketones is 1. The zero-order chi connectivity index (χ0) is 31.7. The van der Waals surface area contributed by atoms with Gasteiger partial charge in [0.05, 0.1) is 32.4 Å². The number of fused-ring (bicyclic) bond motifs is 1. The summed E-state index contributed by atoms with van der Waals surface area (Å²) in [6, 6.07) is 7.12. The fourth-order valence-electron chi connectivity index (χ4n) is 4.55. The van der Waals surface area contributed by atoms with Crippen molar-refractivity contribution in [2.24, 2.45) is 0 Å². The number of carbonyl (C=O) groups is 3. The Hall–Kier alpha value is -4.66. The van der Waals surface area contributed by atoms with E-state index in [4.69, 9.17) is 30.0 Å². The Bertz CT molecular complexity index is 1430. The number of carboxylic acid groups (broad SMARTS) is 1. The number of carboxylic acids is 1. The van der Waals surface area contributed by atoms with Crippen molar-refractivity contribution in [3.8, 4) is 23.3 Å². The highest BCUT2D eigenvalue weighted by Crippen LogP contribution is 2.40. The van der Waals surface area contributed by atoms with E-state index in [2.05, 4.69) is 16.4 Å². The Labute approximate surface area is 251 Å². The van der Waals surface area contributed by atoms with Crippen molar-refractivity contribution in [3.05, 3.63) is 46.3 Å². The van der Waals surface area contributed by atoms with Crippen molar-refractivity contribution in [1.29, 1.82) is 10.7 Å². The summed E-state index contributed by atoms with van der Waals surface area (Å²) in [6.07, 6.45) is 1.04. The fraction of sp³-hybridized carbons (Fsp3) is 0.484. The number of amidine groups is 1. The van der Waals surface area contributed by atoms with Gasteiger partial charge >= 0.3 is 5.97 Å². The van der Waals surface area contributed by atoms with Gasteiger partial charge in [-0.05, 0) is 43.4 Å². The monoisotopic (exact) mass is 593 g/mol. The SMILES string of the molecule is CCOc1cc2c(nc1C(=O)NC)C(=N)N(CC(=O)c1cc(OCCCC(=O)O)c(OCCCC#N)c(C(C)(C)C)c1)C2. The molecule has 3 N–H and O–H groups in total. The van der Waals surface area contributed by atoms with Crippen molar-refractivity contribution in [3.63, 3.8) is 0 Å². The number of rotatable bonds is 15. The molecule has 0 saturated carbocycles. The topological polar surface area (TPSA) is 175 Å². The second-order valence-electron chi connectivity index (χ2n) is 11.0. The summed E-state index contributed by atoms with van der Waals surface area (Å²) in [4.78, 5) is 43.1. The molecule has 0 spiro atoms. The number of carbonyl (C=O) groups excluding carboxylic acids is 2. The van der Waals surface area contributed by atoms with E-state index in [1.54, 1.807) is 30.0 Å². The van der Waals surface area contributed by atoms with Gasteiger partial charge in [-0.2, -0.15) is 5.26 Å². The predicted octanol–water partition coefficient (Wildman–Crippen LogP) is 4.09. The molecule has 43 heavy (non-hydrogen) atoms. The normalized spacial score (nSPS) is 12.4. The quantitative estimate of drug-likeness (QED) is 0.201. The summed E-state index contributed by atoms with van der Waals surface area (Å²) >= 11 is 0. The van der Waals surface area contributed by atoms with Crippen LogP contribution >= 0.6 is 0 Å². The number of nitriles is 1. The number of unbranched alkanes of at least 4 members (excludes halogenated alkanes) is 1. The van der Waals surface area contributed by atoms with E-state index in [-0.39, 0.29) is 56.5 Å². The van der Waals surface area contributed by atoms with Crippen molar-refractivity contribution in [1.82, 2.24) is 15.2 Å². The summed E-state index contributed by atoms with van der Waals surface area (Å²) in [5.41, 5.74) is 1.68. The summed E-state index contributed by atoms with van der Waals surface area (Å²) < 4.78 is 17.7. The maximum Gasteiger partial charge on any atom is 0.303 e. The molecule has 0 aliphatic carbocycles. The van der Waals surface area contributed by atoms with Crippen LogP contribution in [0.2, 0.25) is 0 Å². The largest absolute Gasteiger partial charge is 0.491 e. The van der Waals surface area contributed by atoms with Gasteiger partial charge in [0.2, 0.25) is 0 Å². The lowest BCUT2D eigenvalue weighted by Gasteiger charge is -2.26. The van der Waals surface area contributed by atoms with Gasteiger partial charge in [-0.25, -0.2) is 4.98 Å². The van der Waals surface area contributed by atoms with E-state index in [0.29, 0.717) is 53.5 Å². The molecular formula is C31H39N5O7. The number of ether oxygens (including phenoxy) is 3. The number of aromatic nitrogens is 1. The average Bonchev–Trinajstić information content (AvgIpc) is 3.25. The van der Waals surface area contributed by atoms with Gasteiger partial charge in [-0.3, -0.25) is 19.8 Å². The van der Waals surface area contributed by atoms with Gasteiger partial charge in [0.25, 0.3) is 5.91 Å². The van der Waals surface area contributed by atoms with Crippen LogP contribution in [-0.2, 0) is 16.8 Å². The number of pyridine rings is 1. The Balaban J connectivity index is 1.93. The molecular weight excluding hydrogens is 554 g/mol. The molecule has 0 radical (unpaired) electrons. The molecule has 2 heterocycles. The van der Waals surface area contributed by atoms with Gasteiger partial charge in [0, 0.05) is 43.1 Å². The minimum Gasteiger partial charge on any atom is -0.491 e. The van der Waals surface area contributed by atoms with Gasteiger partial charge in [0.15, 0.2) is 28.7 Å². The van der Waals surface area contributed by atoms with Crippen LogP contribution in [0.3, 0.4) is 0 Å². The third-order valence-corrected chi connectivity index (χ3v) is 6.70. The Morgan fingerprint density at radius 3 is 2.47 bits per heavy atom. The molecule has 1 aromatic heterocycles. The fourth-order valence-corrected chi connectivity index (χ4v) is 4.55. The number of nitrogens with zero attached hydrogens (tertiary/aromatic N) is 3. The molecule has 0 atom stereocenters. The molecule has 230 valence electrons. The number of amides is 1. The van der Waals surface area contributed by atoms with Crippen LogP contribution in [0.1, 0.15) is 91.0 Å². The highest BCUT2D eigenvalue weighted by Gasteiger charge is 2.32. The van der Waals surface area contributed by atoms with E-state index in [1.165, 1.54) is 7.05 Å². The number of Topliss-reactive ketones (excluding diaryl/α,β-unsaturated/α-hetero) is 1. The molecule has 0 bridgehead atoms. The lowest BCUT2D eigenvalue weighted by molar-refractivity contribution is -0.137. The van der Waals surface area contributed by atoms with Crippen LogP contribution in [0.4, 0.5) is 0 Å². The predicted molar refractivity (Wildman–Crippen MR) is 158 cm³/mol. The zero-order valence-corrected chi connectivity index (χ0v) is 25.3. The van der Waals surface area contributed by atoms with E-state index in [0.717, 1.165) is 5.56 Å². The molecule has 1 amide bonds. The molecule has 2 aromatic rings. The minimum atomic E-state index is -0.935. The van der Waals surface area contributed by atoms with Gasteiger partial charge < -0.3 is 29.5 Å². The lowest BCUT2D eigenvalue weighted by atomic mass is 9.84. The molecule has 1 aliphatic heterocycles. The summed E-state index contributed by atoms with van der Waals surface area (Å²) in [6.45, 7) is 8.56. The second kappa shape index (κ2) is 14.5. The number of benzene rings is 1. The highest BCUT2D eigenvalue weighted by atomic mass is 16.5. The summed E-state index contributed by atoms with van der Waals surface area (Å²) in [7, 11) is 1.49. The molecule has 12 heteroatoms. The van der Waals surface area contributed by atoms with Crippen LogP contribution < -0.4 is 19.5 Å². The summed E-state index contributed by atoms with van der Waals surface area (Å²) in [5.74, 6) is -0.541. The zero-order valence-electron chi connectivity index (χ0n) is 25.3. The Morgan fingerprint density at radius 2 is 1.84 bits per heavy atom. The molecule has 0 fully saturated rings. The van der Waals surface area contributed by atoms with Gasteiger partial charge in [-0.15, -0.1) is 0 Å². The van der Waals surface area contributed by atoms with Crippen molar-refractivity contribution >= 4 is 23.5 Å². The van der Waals surface area contributed by atoms with E-state index in [9.17, 15) is 14.4 Å². The first-order chi connectivity index (χ1) is 20.4. The molecule has 1 aliphatic rings. The first kappa shape index (κ1) is 32.8. The minimum absolute atomic E-state index is 0.0233. The lowest BCUT2D eigenvalue weighted by Crippen LogP contribution is -2.31. The van der Waals surface area contributed by atoms with E-state index >= 15 is 0 Å². The standard InChI is InChI=1S/C31H39N5O7/c1-6-41-23-16-20-17-36(29(33)26(20)35-27(23)30(40)34-5)18-22(37)19-14-21(31(2,3)4)28(43-12-8-7-11-32)24(15-19)42-13-9-10-25(38)39/h14-16,33H,6-10,12-13,17-18H2,1-5H3,(H,34,40)(H,38,39). The first-order valence-electron chi connectivity index (χ1n) is 14.2. The maximum absolute atomic E-state index is 13.7. The van der Waals surface area contributed by atoms with Gasteiger partial charge in [-0.1, -0.05) is 20.8 Å². The molecule has 0 saturated heterocycles. The number of nitrogens with one attached hydrogen (secondary N) is 2. The van der Waals surface area contributed by atoms with Gasteiger partial charge in [0.1, 0.15) is 11.5 Å². The Kier molecular flexibility index (Phi) is 11.1. The molecule has 0 unspecified atom stereocenters. The third kappa shape index (κ3) is 8.22. The number of hydrogen-bond donors (Lipinski definition) is 3. The number of hydrogen-bond acceptors (Lipinski definition) is 9. The molecule has 12 nitrogen and oxygen atoms in total. The van der Waals surface area contributed by atoms with Crippen LogP contribution in [0.5, 0.6) is 17.2 Å². The van der Waals surface area contributed by atoms with Crippen molar-refractivity contribution in [2.75, 3.05) is 33.4 Å². The smallest absolute Gasteiger partial charge is 0.303 e. The average molecular weight is 594 g/mol. The van der Waals surface area contributed by atoms with E-state index < -0.39 is 17.3 Å². The van der Waals surface area contributed by atoms with Crippen LogP contribution in [0.25, 0.3) is 0 Å². The second-order valence-corrected chi connectivity index (χ2v) is 11.0. The van der Waals surface area contributed by atoms with Crippen LogP contribution in [0.15, 0.2) is 18.2 Å². The number of aliphatic carboxylic acids is 1. The van der Waals surface area contributed by atoms with Crippen LogP contribution in [-0.4, -0.2) is 71.9 Å². The van der Waals surface area contributed by atoms with E-state index in [1.807, 2.05) is 20.8 Å². The molecule has 3 rings (SSSR count). The van der Waals surface area contributed by atoms with Crippen molar-refractivity contribution in [2.45, 2.75) is 65.3 Å². The summed E-state index contributed by atoms with van der Waals surface area (Å²) in [5, 5.41) is 29.2. The maximum atomic E-state index is 13.7. The van der Waals surface area contributed by atoms with Crippen molar-refractivity contribution < 1.29 is 33.7 Å². The third-order valence-electron chi connectivity index (χ3n) is 6.70. The van der Waals surface area contributed by atoms with Crippen LogP contribution in [0, 0.1) is 16.7 Å². The first-order valence-corrected chi connectivity index (χ1v) is 14.2. The highest BCUT2D eigenvalue weighted by molar-refractivity contribution is 6.05.